The Balaban J connectivity index is 1.92. The van der Waals surface area contributed by atoms with Gasteiger partial charge in [-0.05, 0) is 24.3 Å². The van der Waals surface area contributed by atoms with Gasteiger partial charge >= 0.3 is 47.8 Å². The van der Waals surface area contributed by atoms with E-state index in [1.54, 1.807) is 24.3 Å². The van der Waals surface area contributed by atoms with Gasteiger partial charge in [-0.15, -0.1) is 0 Å². The van der Waals surface area contributed by atoms with Crippen molar-refractivity contribution in [1.82, 2.24) is 9.13 Å². The van der Waals surface area contributed by atoms with Crippen molar-refractivity contribution in [2.24, 2.45) is 0 Å². The Bertz CT molecular complexity index is 1670. The van der Waals surface area contributed by atoms with Crippen LogP contribution in [0.1, 0.15) is 67.5 Å². The standard InChI is InChI=1S/C36H44N2O18/c1-17(39)47-15-27-31(49-19(3)41)33(51-21(5)43)29(35(55-27)53-23(7)45)37-13-9-11-25(37)26-12-10-14-38(26)30-34(52-22(6)44)32(50-20(4)42)28(16-48-18(2)40)56-36(30)54-24(8)46/h9-14,27-36H,15-16H2,1-8H3/t27-,28-,29-,30-,31-,32-,33-,34-,35?,36?/m1/s1. The summed E-state index contributed by atoms with van der Waals surface area (Å²) in [5.41, 5.74) is 0.597. The maximum Gasteiger partial charge on any atom is 0.305 e. The molecule has 4 heterocycles. The Kier molecular flexibility index (Phi) is 14.4. The molecule has 2 aliphatic heterocycles. The maximum absolute atomic E-state index is 12.6. The van der Waals surface area contributed by atoms with Gasteiger partial charge in [0, 0.05) is 67.8 Å². The molecule has 0 aromatic carbocycles. The molecule has 306 valence electrons. The lowest BCUT2D eigenvalue weighted by atomic mass is 9.95. The van der Waals surface area contributed by atoms with E-state index in [1.807, 2.05) is 0 Å². The van der Waals surface area contributed by atoms with Gasteiger partial charge in [-0.25, -0.2) is 0 Å². The average Bonchev–Trinajstić information content (AvgIpc) is 3.74. The summed E-state index contributed by atoms with van der Waals surface area (Å²) in [7, 11) is 0. The number of esters is 8. The zero-order chi connectivity index (χ0) is 41.4. The van der Waals surface area contributed by atoms with Crippen LogP contribution in [0.25, 0.3) is 11.4 Å². The van der Waals surface area contributed by atoms with Crippen molar-refractivity contribution in [2.45, 2.75) is 117 Å². The van der Waals surface area contributed by atoms with E-state index in [2.05, 4.69) is 0 Å². The van der Waals surface area contributed by atoms with Crippen molar-refractivity contribution in [3.05, 3.63) is 36.7 Å². The number of carbonyl (C=O) groups excluding carboxylic acids is 8. The van der Waals surface area contributed by atoms with Gasteiger partial charge in [0.1, 0.15) is 37.5 Å². The lowest BCUT2D eigenvalue weighted by Crippen LogP contribution is -2.60. The molecule has 4 rings (SSSR count). The van der Waals surface area contributed by atoms with Crippen LogP contribution in [0.3, 0.4) is 0 Å². The van der Waals surface area contributed by atoms with Crippen molar-refractivity contribution in [2.75, 3.05) is 13.2 Å². The van der Waals surface area contributed by atoms with Crippen molar-refractivity contribution in [3.8, 4) is 11.4 Å². The Labute approximate surface area is 320 Å². The second kappa shape index (κ2) is 18.7. The van der Waals surface area contributed by atoms with Gasteiger partial charge in [-0.2, -0.15) is 0 Å². The van der Waals surface area contributed by atoms with E-state index in [0.29, 0.717) is 11.4 Å². The van der Waals surface area contributed by atoms with Crippen LogP contribution in [0.2, 0.25) is 0 Å². The fraction of sp³-hybridized carbons (Fsp3) is 0.556. The van der Waals surface area contributed by atoms with E-state index >= 15 is 0 Å². The molecule has 0 N–H and O–H groups in total. The third-order valence-corrected chi connectivity index (χ3v) is 8.37. The van der Waals surface area contributed by atoms with Gasteiger partial charge in [-0.3, -0.25) is 38.4 Å². The molecule has 2 saturated heterocycles. The van der Waals surface area contributed by atoms with Gasteiger partial charge < -0.3 is 56.5 Å². The topological polar surface area (TPSA) is 239 Å². The Morgan fingerprint density at radius 1 is 0.464 bits per heavy atom. The third-order valence-electron chi connectivity index (χ3n) is 8.37. The van der Waals surface area contributed by atoms with Gasteiger partial charge in [-0.1, -0.05) is 0 Å². The summed E-state index contributed by atoms with van der Waals surface area (Å²) in [5.74, 6) is -6.21. The van der Waals surface area contributed by atoms with Crippen LogP contribution in [-0.2, 0) is 85.7 Å². The number of hydrogen-bond acceptors (Lipinski definition) is 18. The SMILES string of the molecule is CC(=O)OC[C@H]1OC(OC(C)=O)[C@H](n2cccc2-c2cccn2[C@H]2C(OC(C)=O)O[C@H](COC(C)=O)[C@@H](OC(C)=O)[C@@H]2OC(C)=O)[C@@H](OC(C)=O)[C@@H]1OC(C)=O. The summed E-state index contributed by atoms with van der Waals surface area (Å²) in [6.45, 7) is 8.01. The van der Waals surface area contributed by atoms with Crippen molar-refractivity contribution in [3.63, 3.8) is 0 Å². The molecule has 0 amide bonds. The molecule has 2 unspecified atom stereocenters. The molecule has 2 aliphatic rings. The highest BCUT2D eigenvalue weighted by Crippen LogP contribution is 2.42. The number of ether oxygens (including phenoxy) is 10. The lowest BCUT2D eigenvalue weighted by molar-refractivity contribution is -0.279. The van der Waals surface area contributed by atoms with Crippen LogP contribution in [0.4, 0.5) is 0 Å². The van der Waals surface area contributed by atoms with Crippen LogP contribution in [-0.4, -0.2) is 119 Å². The lowest BCUT2D eigenvalue weighted by Gasteiger charge is -2.46. The van der Waals surface area contributed by atoms with Gasteiger partial charge in [0.05, 0.1) is 11.4 Å². The van der Waals surface area contributed by atoms with E-state index in [-0.39, 0.29) is 0 Å². The van der Waals surface area contributed by atoms with Crippen molar-refractivity contribution < 1.29 is 85.7 Å². The fourth-order valence-corrected chi connectivity index (χ4v) is 6.62. The van der Waals surface area contributed by atoms with E-state index in [0.717, 1.165) is 55.4 Å². The zero-order valence-electron chi connectivity index (χ0n) is 31.9. The summed E-state index contributed by atoms with van der Waals surface area (Å²) in [5, 5.41) is 0. The summed E-state index contributed by atoms with van der Waals surface area (Å²) in [6, 6.07) is 3.85. The molecule has 2 aromatic heterocycles. The number of hydrogen-bond donors (Lipinski definition) is 0. The molecule has 0 spiro atoms. The van der Waals surface area contributed by atoms with Crippen molar-refractivity contribution >= 4 is 47.8 Å². The molecule has 0 saturated carbocycles. The minimum atomic E-state index is -1.55. The van der Waals surface area contributed by atoms with Crippen LogP contribution in [0.15, 0.2) is 36.7 Å². The number of rotatable bonds is 13. The molecule has 20 nitrogen and oxygen atoms in total. The molecule has 2 fully saturated rings. The van der Waals surface area contributed by atoms with Crippen LogP contribution < -0.4 is 0 Å². The first-order chi connectivity index (χ1) is 26.4. The van der Waals surface area contributed by atoms with Crippen LogP contribution >= 0.6 is 0 Å². The second-order valence-corrected chi connectivity index (χ2v) is 12.8. The first-order valence-electron chi connectivity index (χ1n) is 17.3. The summed E-state index contributed by atoms with van der Waals surface area (Å²) >= 11 is 0. The molecule has 0 radical (unpaired) electrons. The van der Waals surface area contributed by atoms with Crippen molar-refractivity contribution in [1.29, 1.82) is 0 Å². The highest BCUT2D eigenvalue weighted by atomic mass is 16.7. The average molecular weight is 793 g/mol. The van der Waals surface area contributed by atoms with Crippen LogP contribution in [0, 0.1) is 0 Å². The third kappa shape index (κ3) is 10.7. The first-order valence-corrected chi connectivity index (χ1v) is 17.3. The molecule has 0 bridgehead atoms. The molecule has 20 heteroatoms. The molecular formula is C36H44N2O18. The second-order valence-electron chi connectivity index (χ2n) is 12.8. The predicted octanol–water partition coefficient (Wildman–Crippen LogP) is 1.47. The normalized spacial score (nSPS) is 27.1. The Morgan fingerprint density at radius 3 is 1.05 bits per heavy atom. The van der Waals surface area contributed by atoms with Gasteiger partial charge in [0.15, 0.2) is 24.4 Å². The quantitative estimate of drug-likeness (QED) is 0.206. The number of carbonyl (C=O) groups is 8. The predicted molar refractivity (Wildman–Crippen MR) is 182 cm³/mol. The number of nitrogens with zero attached hydrogens (tertiary/aromatic N) is 2. The minimum Gasteiger partial charge on any atom is -0.463 e. The molecule has 56 heavy (non-hydrogen) atoms. The molecular weight excluding hydrogens is 748 g/mol. The monoisotopic (exact) mass is 792 g/mol. The smallest absolute Gasteiger partial charge is 0.305 e. The number of aromatic nitrogens is 2. The van der Waals surface area contributed by atoms with E-state index in [4.69, 9.17) is 47.4 Å². The highest BCUT2D eigenvalue weighted by Gasteiger charge is 2.55. The van der Waals surface area contributed by atoms with E-state index in [9.17, 15) is 38.4 Å². The fourth-order valence-electron chi connectivity index (χ4n) is 6.62. The van der Waals surface area contributed by atoms with Gasteiger partial charge in [0.25, 0.3) is 0 Å². The Morgan fingerprint density at radius 2 is 0.768 bits per heavy atom. The van der Waals surface area contributed by atoms with E-state index < -0.39 is 122 Å². The first kappa shape index (κ1) is 43.0. The van der Waals surface area contributed by atoms with Gasteiger partial charge in [0.2, 0.25) is 12.6 Å². The molecule has 0 aliphatic carbocycles. The molecule has 10 atom stereocenters. The zero-order valence-corrected chi connectivity index (χ0v) is 31.9. The summed E-state index contributed by atoms with van der Waals surface area (Å²) in [4.78, 5) is 98.5. The largest absolute Gasteiger partial charge is 0.463 e. The summed E-state index contributed by atoms with van der Waals surface area (Å²) < 4.78 is 59.5. The summed E-state index contributed by atoms with van der Waals surface area (Å²) in [6.07, 6.45) is -8.24. The van der Waals surface area contributed by atoms with E-state index in [1.165, 1.54) is 21.5 Å². The van der Waals surface area contributed by atoms with Crippen LogP contribution in [0.5, 0.6) is 0 Å². The minimum absolute atomic E-state index is 0.298. The highest BCUT2D eigenvalue weighted by molar-refractivity contribution is 5.70. The maximum atomic E-state index is 12.6. The Hall–Kier alpha value is -5.76. The molecule has 2 aromatic rings.